The van der Waals surface area contributed by atoms with Crippen molar-refractivity contribution >= 4 is 34.5 Å². The third kappa shape index (κ3) is 5.43. The second-order valence-electron chi connectivity index (χ2n) is 5.50. The van der Waals surface area contributed by atoms with E-state index in [1.807, 2.05) is 0 Å². The largest absolute Gasteiger partial charge is 0.446 e. The first-order valence-corrected chi connectivity index (χ1v) is 8.10. The summed E-state index contributed by atoms with van der Waals surface area (Å²) >= 11 is 11.6. The lowest BCUT2D eigenvalue weighted by Gasteiger charge is -2.17. The van der Waals surface area contributed by atoms with Crippen LogP contribution in [0.2, 0.25) is 10.0 Å². The van der Waals surface area contributed by atoms with Crippen LogP contribution < -0.4 is 0 Å². The summed E-state index contributed by atoms with van der Waals surface area (Å²) in [5, 5.41) is 3.58. The van der Waals surface area contributed by atoms with Gasteiger partial charge in [0.2, 0.25) is 0 Å². The Morgan fingerprint density at radius 2 is 1.44 bits per heavy atom. The quantitative estimate of drug-likeness (QED) is 0.286. The molecule has 0 amide bonds. The Balaban J connectivity index is 2.17. The summed E-state index contributed by atoms with van der Waals surface area (Å²) in [6.45, 7) is 4.60. The molecule has 0 saturated heterocycles. The topological polar surface area (TPSA) is 21.6 Å². The first-order chi connectivity index (χ1) is 12.4. The van der Waals surface area contributed by atoms with Crippen LogP contribution in [0.15, 0.2) is 54.2 Å². The van der Waals surface area contributed by atoms with E-state index in [1.54, 1.807) is 0 Å². The zero-order valence-electron chi connectivity index (χ0n) is 13.7. The second-order valence-corrected chi connectivity index (χ2v) is 6.37. The van der Waals surface area contributed by atoms with Gasteiger partial charge in [0.15, 0.2) is 0 Å². The Bertz CT molecular complexity index is 856. The Morgan fingerprint density at radius 1 is 0.926 bits per heavy atom. The molecule has 0 aromatic heterocycles. The van der Waals surface area contributed by atoms with Gasteiger partial charge in [-0.1, -0.05) is 47.1 Å². The minimum absolute atomic E-state index is 0.0414. The van der Waals surface area contributed by atoms with Crippen LogP contribution in [0.25, 0.3) is 5.57 Å². The van der Waals surface area contributed by atoms with Gasteiger partial charge in [-0.3, -0.25) is 0 Å². The third-order valence-electron chi connectivity index (χ3n) is 3.49. The van der Waals surface area contributed by atoms with Gasteiger partial charge < -0.3 is 4.84 Å². The van der Waals surface area contributed by atoms with Crippen LogP contribution in [0.3, 0.4) is 0 Å². The summed E-state index contributed by atoms with van der Waals surface area (Å²) in [6.07, 6.45) is -8.38. The number of hydrogen-bond donors (Lipinski definition) is 0. The molecule has 0 atom stereocenters. The zero-order valence-corrected chi connectivity index (χ0v) is 15.3. The van der Waals surface area contributed by atoms with E-state index in [0.29, 0.717) is 0 Å². The average molecular weight is 424 g/mol. The lowest BCUT2D eigenvalue weighted by molar-refractivity contribution is -0.191. The van der Waals surface area contributed by atoms with Crippen molar-refractivity contribution in [2.24, 2.45) is 5.16 Å². The molecule has 0 heterocycles. The molecular formula is C18H12Cl2F5NO. The molecule has 2 nitrogen and oxygen atoms in total. The van der Waals surface area contributed by atoms with Gasteiger partial charge >= 0.3 is 12.3 Å². The smallest absolute Gasteiger partial charge is 0.318 e. The van der Waals surface area contributed by atoms with E-state index in [0.717, 1.165) is 24.3 Å². The molecule has 0 spiro atoms. The van der Waals surface area contributed by atoms with Gasteiger partial charge in [0.1, 0.15) is 0 Å². The summed E-state index contributed by atoms with van der Waals surface area (Å²) in [6, 6.07) is 7.69. The monoisotopic (exact) mass is 423 g/mol. The molecule has 0 bridgehead atoms. The Morgan fingerprint density at radius 3 is 1.93 bits per heavy atom. The van der Waals surface area contributed by atoms with Crippen molar-refractivity contribution in [1.82, 2.24) is 0 Å². The van der Waals surface area contributed by atoms with Crippen LogP contribution >= 0.6 is 23.2 Å². The number of hydrogen-bond acceptors (Lipinski definition) is 2. The summed E-state index contributed by atoms with van der Waals surface area (Å²) < 4.78 is 66.0. The lowest BCUT2D eigenvalue weighted by Crippen LogP contribution is -2.20. The molecular weight excluding hydrogens is 412 g/mol. The minimum Gasteiger partial charge on any atom is -0.318 e. The van der Waals surface area contributed by atoms with E-state index >= 15 is 0 Å². The van der Waals surface area contributed by atoms with E-state index in [-0.39, 0.29) is 26.9 Å². The molecule has 9 heteroatoms. The summed E-state index contributed by atoms with van der Waals surface area (Å²) in [5.74, 6) is 0. The number of rotatable bonds is 5. The summed E-state index contributed by atoms with van der Waals surface area (Å²) in [7, 11) is 0. The van der Waals surface area contributed by atoms with E-state index in [2.05, 4.69) is 16.6 Å². The van der Waals surface area contributed by atoms with E-state index in [1.165, 1.54) is 25.1 Å². The second kappa shape index (κ2) is 7.86. The van der Waals surface area contributed by atoms with Crippen molar-refractivity contribution in [1.29, 1.82) is 0 Å². The van der Waals surface area contributed by atoms with Crippen molar-refractivity contribution in [3.63, 3.8) is 0 Å². The number of halogens is 7. The van der Waals surface area contributed by atoms with Crippen LogP contribution in [-0.2, 0) is 11.0 Å². The van der Waals surface area contributed by atoms with Crippen molar-refractivity contribution in [2.75, 3.05) is 0 Å². The lowest BCUT2D eigenvalue weighted by atomic mass is 10.1. The molecule has 0 fully saturated rings. The molecule has 144 valence electrons. The SMILES string of the molecule is C=C(c1cc(Cl)cc(Cl)c1)C(F)(F)O/N=C(\C)c1ccc(C(F)(F)F)cc1. The fraction of sp³-hybridized carbons (Fsp3) is 0.167. The molecule has 0 saturated carbocycles. The fourth-order valence-corrected chi connectivity index (χ4v) is 2.56. The molecule has 0 unspecified atom stereocenters. The van der Waals surface area contributed by atoms with Crippen molar-refractivity contribution in [2.45, 2.75) is 19.2 Å². The van der Waals surface area contributed by atoms with Gasteiger partial charge in [0.05, 0.1) is 16.8 Å². The standard InChI is InChI=1S/C18H12Cl2F5NO/c1-10(13-7-15(19)9-16(20)8-13)18(24,25)27-26-11(2)12-3-5-14(6-4-12)17(21,22)23/h3-9H,1H2,2H3/b26-11+. The third-order valence-corrected chi connectivity index (χ3v) is 3.93. The molecule has 2 aromatic rings. The Hall–Kier alpha value is -2.12. The van der Waals surface area contributed by atoms with Crippen LogP contribution in [-0.4, -0.2) is 11.8 Å². The highest BCUT2D eigenvalue weighted by Gasteiger charge is 2.37. The molecule has 27 heavy (non-hydrogen) atoms. The Labute approximate surface area is 161 Å². The highest BCUT2D eigenvalue weighted by Crippen LogP contribution is 2.35. The van der Waals surface area contributed by atoms with Crippen molar-refractivity contribution in [3.8, 4) is 0 Å². The van der Waals surface area contributed by atoms with Gasteiger partial charge in [0.25, 0.3) is 0 Å². The normalized spacial score (nSPS) is 12.8. The van der Waals surface area contributed by atoms with Gasteiger partial charge in [0, 0.05) is 10.0 Å². The molecule has 0 aliphatic carbocycles. The van der Waals surface area contributed by atoms with Gasteiger partial charge in [-0.05, 0) is 48.4 Å². The van der Waals surface area contributed by atoms with E-state index in [9.17, 15) is 22.0 Å². The number of benzene rings is 2. The fourth-order valence-electron chi connectivity index (χ4n) is 2.03. The molecule has 0 aliphatic heterocycles. The first kappa shape index (κ1) is 21.2. The van der Waals surface area contributed by atoms with Crippen molar-refractivity contribution < 1.29 is 26.8 Å². The van der Waals surface area contributed by atoms with Crippen LogP contribution in [0.1, 0.15) is 23.6 Å². The van der Waals surface area contributed by atoms with Gasteiger partial charge in [-0.2, -0.15) is 22.0 Å². The predicted molar refractivity (Wildman–Crippen MR) is 95.2 cm³/mol. The molecule has 2 rings (SSSR count). The van der Waals surface area contributed by atoms with Crippen LogP contribution in [0.4, 0.5) is 22.0 Å². The van der Waals surface area contributed by atoms with E-state index in [4.69, 9.17) is 23.2 Å². The number of alkyl halides is 5. The number of oxime groups is 1. The highest BCUT2D eigenvalue weighted by molar-refractivity contribution is 6.34. The summed E-state index contributed by atoms with van der Waals surface area (Å²) in [5.41, 5.74) is -1.48. The van der Waals surface area contributed by atoms with E-state index < -0.39 is 23.4 Å². The van der Waals surface area contributed by atoms with Crippen LogP contribution in [0.5, 0.6) is 0 Å². The highest BCUT2D eigenvalue weighted by atomic mass is 35.5. The van der Waals surface area contributed by atoms with Gasteiger partial charge in [-0.25, -0.2) is 0 Å². The zero-order chi connectivity index (χ0) is 20.4. The molecule has 2 aromatic carbocycles. The molecule has 0 radical (unpaired) electrons. The molecule has 0 N–H and O–H groups in total. The van der Waals surface area contributed by atoms with Gasteiger partial charge in [-0.15, -0.1) is 0 Å². The maximum absolute atomic E-state index is 14.2. The maximum atomic E-state index is 14.2. The predicted octanol–water partition coefficient (Wildman–Crippen LogP) is 7.06. The molecule has 0 aliphatic rings. The van der Waals surface area contributed by atoms with Crippen molar-refractivity contribution in [3.05, 3.63) is 75.8 Å². The first-order valence-electron chi connectivity index (χ1n) is 7.34. The van der Waals surface area contributed by atoms with Crippen LogP contribution in [0, 0.1) is 0 Å². The maximum Gasteiger partial charge on any atom is 0.446 e. The average Bonchev–Trinajstić information content (AvgIpc) is 2.57. The Kier molecular flexibility index (Phi) is 6.17. The minimum atomic E-state index is -4.50. The number of nitrogens with zero attached hydrogens (tertiary/aromatic N) is 1. The summed E-state index contributed by atoms with van der Waals surface area (Å²) in [4.78, 5) is 4.29.